The monoisotopic (exact) mass is 189 g/mol. The minimum Gasteiger partial charge on any atom is -0.366 e. The number of carbonyl (C=O) groups is 1. The largest absolute Gasteiger partial charge is 0.366 e. The maximum absolute atomic E-state index is 11.6. The molecule has 0 fully saturated rings. The highest BCUT2D eigenvalue weighted by atomic mass is 16.2. The third-order valence-corrected chi connectivity index (χ3v) is 1.64. The molecule has 0 spiro atoms. The Balaban J connectivity index is 2.34. The highest BCUT2D eigenvalue weighted by Crippen LogP contribution is 2.00. The lowest BCUT2D eigenvalue weighted by Gasteiger charge is -1.97. The Hall–Kier alpha value is -2.24. The summed E-state index contributed by atoms with van der Waals surface area (Å²) in [7, 11) is 0. The van der Waals surface area contributed by atoms with E-state index in [4.69, 9.17) is 5.73 Å². The number of rotatable bonds is 1. The second kappa shape index (κ2) is 3.25. The van der Waals surface area contributed by atoms with Crippen LogP contribution in [0.4, 0.5) is 5.95 Å². The molecule has 70 valence electrons. The lowest BCUT2D eigenvalue weighted by Crippen LogP contribution is -2.12. The van der Waals surface area contributed by atoms with Crippen LogP contribution in [0.5, 0.6) is 0 Å². The molecule has 2 aromatic rings. The van der Waals surface area contributed by atoms with Crippen molar-refractivity contribution in [3.8, 4) is 0 Å². The molecule has 0 aliphatic carbocycles. The number of hydrogen-bond donors (Lipinski definition) is 1. The zero-order valence-corrected chi connectivity index (χ0v) is 7.16. The molecule has 2 aromatic heterocycles. The Morgan fingerprint density at radius 1 is 1.36 bits per heavy atom. The first-order valence-corrected chi connectivity index (χ1v) is 3.89. The van der Waals surface area contributed by atoms with Crippen LogP contribution in [-0.4, -0.2) is 25.7 Å². The van der Waals surface area contributed by atoms with Crippen LogP contribution in [-0.2, 0) is 0 Å². The van der Waals surface area contributed by atoms with Crippen molar-refractivity contribution in [3.63, 3.8) is 0 Å². The lowest BCUT2D eigenvalue weighted by molar-refractivity contribution is 0.0945. The summed E-state index contributed by atoms with van der Waals surface area (Å²) in [5, 5.41) is 3.70. The Morgan fingerprint density at radius 3 is 2.64 bits per heavy atom. The molecule has 2 N–H and O–H groups in total. The van der Waals surface area contributed by atoms with Crippen LogP contribution >= 0.6 is 0 Å². The Kier molecular flexibility index (Phi) is 1.94. The van der Waals surface area contributed by atoms with E-state index < -0.39 is 0 Å². The summed E-state index contributed by atoms with van der Waals surface area (Å²) in [5.41, 5.74) is 5.78. The van der Waals surface area contributed by atoms with E-state index in [1.807, 2.05) is 0 Å². The highest BCUT2D eigenvalue weighted by molar-refractivity contribution is 5.95. The second-order valence-electron chi connectivity index (χ2n) is 2.59. The first kappa shape index (κ1) is 8.36. The number of nitrogen functional groups attached to an aromatic ring is 1. The van der Waals surface area contributed by atoms with E-state index >= 15 is 0 Å². The van der Waals surface area contributed by atoms with Gasteiger partial charge in [-0.05, 0) is 12.1 Å². The molecule has 0 unspecified atom stereocenters. The molecule has 2 rings (SSSR count). The van der Waals surface area contributed by atoms with Crippen LogP contribution < -0.4 is 5.73 Å². The zero-order chi connectivity index (χ0) is 9.97. The van der Waals surface area contributed by atoms with Gasteiger partial charge in [0.2, 0.25) is 5.95 Å². The van der Waals surface area contributed by atoms with Gasteiger partial charge in [-0.15, -0.1) is 5.10 Å². The molecular formula is C8H7N5O. The van der Waals surface area contributed by atoms with Gasteiger partial charge >= 0.3 is 0 Å². The van der Waals surface area contributed by atoms with Crippen molar-refractivity contribution in [2.45, 2.75) is 0 Å². The summed E-state index contributed by atoms with van der Waals surface area (Å²) in [6, 6.07) is 3.19. The van der Waals surface area contributed by atoms with Gasteiger partial charge in [-0.25, -0.2) is 4.98 Å². The van der Waals surface area contributed by atoms with E-state index in [1.165, 1.54) is 18.7 Å². The maximum atomic E-state index is 11.6. The molecule has 0 aromatic carbocycles. The summed E-state index contributed by atoms with van der Waals surface area (Å²) < 4.78 is 1.09. The Bertz CT molecular complexity index is 450. The predicted octanol–water partition coefficient (Wildman–Crippen LogP) is -0.0562. The van der Waals surface area contributed by atoms with E-state index in [-0.39, 0.29) is 11.9 Å². The van der Waals surface area contributed by atoms with Crippen LogP contribution in [0.2, 0.25) is 0 Å². The molecule has 0 aliphatic rings. The van der Waals surface area contributed by atoms with Gasteiger partial charge in [0.25, 0.3) is 5.91 Å². The van der Waals surface area contributed by atoms with Crippen molar-refractivity contribution in [2.75, 3.05) is 5.73 Å². The van der Waals surface area contributed by atoms with Gasteiger partial charge in [0.1, 0.15) is 6.33 Å². The minimum atomic E-state index is -0.281. The summed E-state index contributed by atoms with van der Waals surface area (Å²) >= 11 is 0. The van der Waals surface area contributed by atoms with Crippen molar-refractivity contribution in [2.24, 2.45) is 0 Å². The standard InChI is InChI=1S/C8H7N5O/c9-8-11-5-13(12-8)7(14)6-1-3-10-4-2-6/h1-5H,(H2,9,12). The average molecular weight is 189 g/mol. The van der Waals surface area contributed by atoms with Gasteiger partial charge in [-0.3, -0.25) is 9.78 Å². The molecule has 0 radical (unpaired) electrons. The average Bonchev–Trinajstić information content (AvgIpc) is 2.65. The van der Waals surface area contributed by atoms with Crippen LogP contribution in [0.3, 0.4) is 0 Å². The normalized spacial score (nSPS) is 10.0. The maximum Gasteiger partial charge on any atom is 0.279 e. The third kappa shape index (κ3) is 1.45. The summed E-state index contributed by atoms with van der Waals surface area (Å²) in [6.07, 6.45) is 4.35. The van der Waals surface area contributed by atoms with Gasteiger partial charge < -0.3 is 5.73 Å². The highest BCUT2D eigenvalue weighted by Gasteiger charge is 2.08. The fraction of sp³-hybridized carbons (Fsp3) is 0. The fourth-order valence-electron chi connectivity index (χ4n) is 1.00. The van der Waals surface area contributed by atoms with E-state index in [9.17, 15) is 4.79 Å². The smallest absolute Gasteiger partial charge is 0.279 e. The molecule has 2 heterocycles. The summed E-state index contributed by atoms with van der Waals surface area (Å²) in [4.78, 5) is 19.1. The van der Waals surface area contributed by atoms with Gasteiger partial charge in [0, 0.05) is 18.0 Å². The van der Waals surface area contributed by atoms with Crippen molar-refractivity contribution < 1.29 is 4.79 Å². The van der Waals surface area contributed by atoms with Gasteiger partial charge in [-0.2, -0.15) is 4.68 Å². The third-order valence-electron chi connectivity index (χ3n) is 1.64. The molecular weight excluding hydrogens is 182 g/mol. The Labute approximate surface area is 79.4 Å². The predicted molar refractivity (Wildman–Crippen MR) is 48.4 cm³/mol. The molecule has 14 heavy (non-hydrogen) atoms. The van der Waals surface area contributed by atoms with Gasteiger partial charge in [0.05, 0.1) is 0 Å². The number of hydrogen-bond acceptors (Lipinski definition) is 5. The zero-order valence-electron chi connectivity index (χ0n) is 7.16. The SMILES string of the molecule is Nc1ncn(C(=O)c2ccncc2)n1. The van der Waals surface area contributed by atoms with Crippen molar-refractivity contribution in [1.82, 2.24) is 19.7 Å². The summed E-state index contributed by atoms with van der Waals surface area (Å²) in [6.45, 7) is 0. The molecule has 6 heteroatoms. The van der Waals surface area contributed by atoms with Crippen LogP contribution in [0, 0.1) is 0 Å². The van der Waals surface area contributed by atoms with E-state index in [1.54, 1.807) is 12.1 Å². The molecule has 0 aliphatic heterocycles. The molecule has 6 nitrogen and oxygen atoms in total. The van der Waals surface area contributed by atoms with Crippen molar-refractivity contribution >= 4 is 11.9 Å². The summed E-state index contributed by atoms with van der Waals surface area (Å²) in [5.74, 6) is -0.205. The van der Waals surface area contributed by atoms with E-state index in [0.717, 1.165) is 4.68 Å². The molecule has 0 bridgehead atoms. The minimum absolute atomic E-state index is 0.0763. The van der Waals surface area contributed by atoms with Crippen LogP contribution in [0.25, 0.3) is 0 Å². The van der Waals surface area contributed by atoms with Gasteiger partial charge in [0.15, 0.2) is 0 Å². The lowest BCUT2D eigenvalue weighted by atomic mass is 10.2. The van der Waals surface area contributed by atoms with E-state index in [0.29, 0.717) is 5.56 Å². The number of carbonyl (C=O) groups excluding carboxylic acids is 1. The number of pyridine rings is 1. The number of anilines is 1. The van der Waals surface area contributed by atoms with Crippen molar-refractivity contribution in [1.29, 1.82) is 0 Å². The topological polar surface area (TPSA) is 86.7 Å². The molecule has 0 saturated carbocycles. The molecule has 0 amide bonds. The van der Waals surface area contributed by atoms with E-state index in [2.05, 4.69) is 15.1 Å². The Morgan fingerprint density at radius 2 is 2.07 bits per heavy atom. The second-order valence-corrected chi connectivity index (χ2v) is 2.59. The quantitative estimate of drug-likeness (QED) is 0.679. The number of aromatic nitrogens is 4. The van der Waals surface area contributed by atoms with Gasteiger partial charge in [-0.1, -0.05) is 0 Å². The first-order chi connectivity index (χ1) is 6.77. The molecule has 0 saturated heterocycles. The number of nitrogens with zero attached hydrogens (tertiary/aromatic N) is 4. The van der Waals surface area contributed by atoms with Crippen LogP contribution in [0.1, 0.15) is 10.4 Å². The fourth-order valence-corrected chi connectivity index (χ4v) is 1.00. The number of nitrogens with two attached hydrogens (primary N) is 1. The van der Waals surface area contributed by atoms with Crippen molar-refractivity contribution in [3.05, 3.63) is 36.4 Å². The first-order valence-electron chi connectivity index (χ1n) is 3.89. The van der Waals surface area contributed by atoms with Crippen LogP contribution in [0.15, 0.2) is 30.9 Å². The molecule has 0 atom stereocenters.